The molecule has 21 aromatic carbocycles. The third kappa shape index (κ3) is 16.9. The zero-order valence-corrected chi connectivity index (χ0v) is 78.2. The van der Waals surface area contributed by atoms with Gasteiger partial charge in [0, 0.05) is 104 Å². The molecule has 0 radical (unpaired) electrons. The molecule has 0 spiro atoms. The molecule has 0 bridgehead atoms. The van der Waals surface area contributed by atoms with Gasteiger partial charge in [0.05, 0.1) is 5.56 Å². The van der Waals surface area contributed by atoms with Crippen LogP contribution in [0.3, 0.4) is 0 Å². The summed E-state index contributed by atoms with van der Waals surface area (Å²) in [7, 11) is 0. The fourth-order valence-electron chi connectivity index (χ4n) is 19.3. The topological polar surface area (TPSA) is 207 Å². The van der Waals surface area contributed by atoms with Gasteiger partial charge in [-0.1, -0.05) is 394 Å². The summed E-state index contributed by atoms with van der Waals surface area (Å²) in [5.74, 6) is 7.62. The Bertz CT molecular complexity index is 9810. The molecular formula is C130H80N12O4. The maximum Gasteiger partial charge on any atom is 0.167 e. The van der Waals surface area contributed by atoms with Crippen LogP contribution in [0.15, 0.2) is 503 Å². The molecule has 29 aromatic rings. The second-order valence-corrected chi connectivity index (χ2v) is 35.7. The Morgan fingerprint density at radius 2 is 0.384 bits per heavy atom. The van der Waals surface area contributed by atoms with Crippen LogP contribution in [-0.4, -0.2) is 59.8 Å². The zero-order chi connectivity index (χ0) is 96.7. The van der Waals surface area contributed by atoms with Gasteiger partial charge in [-0.15, -0.1) is 0 Å². The predicted molar refractivity (Wildman–Crippen MR) is 589 cm³/mol. The molecule has 16 heteroatoms. The molecule has 0 saturated heterocycles. The normalized spacial score (nSPS) is 11.4. The summed E-state index contributed by atoms with van der Waals surface area (Å²) in [6.07, 6.45) is 0. The van der Waals surface area contributed by atoms with Gasteiger partial charge >= 0.3 is 0 Å². The molecule has 16 nitrogen and oxygen atoms in total. The van der Waals surface area contributed by atoms with E-state index in [0.29, 0.717) is 69.9 Å². The first-order valence-electron chi connectivity index (χ1n) is 48.3. The van der Waals surface area contributed by atoms with Crippen molar-refractivity contribution in [2.24, 2.45) is 0 Å². The molecule has 0 fully saturated rings. The fourth-order valence-corrected chi connectivity index (χ4v) is 19.3. The lowest BCUT2D eigenvalue weighted by Gasteiger charge is -2.10. The van der Waals surface area contributed by atoms with Gasteiger partial charge in [-0.2, -0.15) is 0 Å². The van der Waals surface area contributed by atoms with E-state index in [0.717, 1.165) is 198 Å². The number of rotatable bonds is 13. The number of aromatic nitrogens is 12. The van der Waals surface area contributed by atoms with Crippen LogP contribution in [0.2, 0.25) is 0 Å². The highest BCUT2D eigenvalue weighted by molar-refractivity contribution is 6.17. The predicted octanol–water partition coefficient (Wildman–Crippen LogP) is 33.4. The van der Waals surface area contributed by atoms with Gasteiger partial charge in [-0.3, -0.25) is 0 Å². The third-order valence-corrected chi connectivity index (χ3v) is 26.4. The molecule has 0 unspecified atom stereocenters. The number of hydrogen-bond acceptors (Lipinski definition) is 16. The molecular weight excluding hydrogens is 1790 g/mol. The average molecular weight is 1870 g/mol. The molecule has 8 heterocycles. The summed E-state index contributed by atoms with van der Waals surface area (Å²) in [5.41, 5.74) is 20.2. The molecule has 0 atom stereocenters. The Balaban J connectivity index is 0.0000000991. The van der Waals surface area contributed by atoms with Crippen LogP contribution in [-0.2, 0) is 0 Å². The largest absolute Gasteiger partial charge is 0.456 e. The lowest BCUT2D eigenvalue weighted by molar-refractivity contribution is 0.669. The number of hydrogen-bond donors (Lipinski definition) is 0. The van der Waals surface area contributed by atoms with Gasteiger partial charge in [0.2, 0.25) is 0 Å². The Kier molecular flexibility index (Phi) is 22.2. The third-order valence-electron chi connectivity index (χ3n) is 26.4. The minimum absolute atomic E-state index is 0.590. The van der Waals surface area contributed by atoms with Crippen molar-refractivity contribution in [1.82, 2.24) is 59.8 Å². The molecule has 0 aliphatic rings. The van der Waals surface area contributed by atoms with E-state index in [4.69, 9.17) is 77.5 Å². The highest BCUT2D eigenvalue weighted by Crippen LogP contribution is 2.44. The van der Waals surface area contributed by atoms with Gasteiger partial charge < -0.3 is 17.7 Å². The number of fused-ring (bicyclic) bond motifs is 16. The first kappa shape index (κ1) is 86.3. The molecule has 146 heavy (non-hydrogen) atoms. The maximum atomic E-state index is 6.44. The average Bonchev–Trinajstić information content (AvgIpc) is 1.59. The number of benzene rings is 21. The molecule has 0 saturated carbocycles. The first-order chi connectivity index (χ1) is 72.3. The van der Waals surface area contributed by atoms with E-state index in [1.165, 1.54) is 10.8 Å². The van der Waals surface area contributed by atoms with Crippen LogP contribution in [0.5, 0.6) is 0 Å². The Labute approximate surface area is 835 Å². The number of furan rings is 4. The Morgan fingerprint density at radius 3 is 0.849 bits per heavy atom. The summed E-state index contributed by atoms with van der Waals surface area (Å²) in [5, 5.41) is 17.7. The lowest BCUT2D eigenvalue weighted by atomic mass is 10.0. The highest BCUT2D eigenvalue weighted by atomic mass is 16.3. The second-order valence-electron chi connectivity index (χ2n) is 35.7. The van der Waals surface area contributed by atoms with E-state index >= 15 is 0 Å². The highest BCUT2D eigenvalue weighted by Gasteiger charge is 2.25. The maximum absolute atomic E-state index is 6.44. The van der Waals surface area contributed by atoms with Crippen LogP contribution in [0, 0.1) is 0 Å². The molecule has 29 rings (SSSR count). The molecule has 8 aromatic heterocycles. The van der Waals surface area contributed by atoms with E-state index in [1.807, 2.05) is 297 Å². The molecule has 0 N–H and O–H groups in total. The van der Waals surface area contributed by atoms with Crippen LogP contribution >= 0.6 is 0 Å². The van der Waals surface area contributed by atoms with E-state index in [1.54, 1.807) is 0 Å². The number of nitrogens with zero attached hydrogens (tertiary/aromatic N) is 12. The van der Waals surface area contributed by atoms with Crippen molar-refractivity contribution in [3.05, 3.63) is 485 Å². The Morgan fingerprint density at radius 1 is 0.116 bits per heavy atom. The second kappa shape index (κ2) is 37.6. The van der Waals surface area contributed by atoms with E-state index in [2.05, 4.69) is 188 Å². The van der Waals surface area contributed by atoms with E-state index in [9.17, 15) is 0 Å². The molecule has 684 valence electrons. The zero-order valence-electron chi connectivity index (χ0n) is 78.2. The quantitative estimate of drug-likeness (QED) is 0.105. The van der Waals surface area contributed by atoms with Crippen molar-refractivity contribution >= 4 is 131 Å². The minimum Gasteiger partial charge on any atom is -0.456 e. The smallest absolute Gasteiger partial charge is 0.167 e. The van der Waals surface area contributed by atoms with Gasteiger partial charge in [0.25, 0.3) is 0 Å². The monoisotopic (exact) mass is 1870 g/mol. The molecule has 0 aliphatic carbocycles. The summed E-state index contributed by atoms with van der Waals surface area (Å²) in [4.78, 5) is 58.9. The van der Waals surface area contributed by atoms with Crippen LogP contribution < -0.4 is 0 Å². The van der Waals surface area contributed by atoms with Gasteiger partial charge in [-0.05, 0) is 145 Å². The minimum atomic E-state index is 0.590. The van der Waals surface area contributed by atoms with E-state index in [-0.39, 0.29) is 0 Å². The fraction of sp³-hybridized carbons (Fsp3) is 0. The van der Waals surface area contributed by atoms with Crippen LogP contribution in [0.25, 0.3) is 279 Å². The van der Waals surface area contributed by atoms with Crippen LogP contribution in [0.1, 0.15) is 0 Å². The van der Waals surface area contributed by atoms with Crippen molar-refractivity contribution < 1.29 is 17.7 Å². The summed E-state index contributed by atoms with van der Waals surface area (Å²) in [6.45, 7) is 0. The first-order valence-corrected chi connectivity index (χ1v) is 48.3. The van der Waals surface area contributed by atoms with Crippen molar-refractivity contribution in [3.63, 3.8) is 0 Å². The lowest BCUT2D eigenvalue weighted by Crippen LogP contribution is -2.00. The number of para-hydroxylation sites is 2. The summed E-state index contributed by atoms with van der Waals surface area (Å²) < 4.78 is 25.1. The summed E-state index contributed by atoms with van der Waals surface area (Å²) in [6, 6.07) is 164. The van der Waals surface area contributed by atoms with Crippen molar-refractivity contribution in [2.45, 2.75) is 0 Å². The van der Waals surface area contributed by atoms with E-state index < -0.39 is 0 Å². The van der Waals surface area contributed by atoms with Crippen molar-refractivity contribution in [3.8, 4) is 148 Å². The molecule has 0 amide bonds. The van der Waals surface area contributed by atoms with Gasteiger partial charge in [-0.25, -0.2) is 59.8 Å². The van der Waals surface area contributed by atoms with Crippen molar-refractivity contribution in [2.75, 3.05) is 0 Å². The van der Waals surface area contributed by atoms with Crippen molar-refractivity contribution in [1.29, 1.82) is 0 Å². The molecule has 0 aliphatic heterocycles. The SMILES string of the molecule is c1ccc(-c2cccc(-c3nc(-c4ccccc4)nc(-c4cccc5oc6cc7ccccc7cc6c45)n3)c2)cc1.c1ccc(-c2nc(-c3ccccc3)nc(-c3ccc4oc5cc6ccccc6cc5c4c3)n2)cc1.c1ccc(-c2nc(-c3ccccc3)nc(-c3cccc4c3oc3cc5ccccc5cc34)n2)cc1.c1ccc(-c2nc(-c3ccccc3)nc(-c3cccc4cc5oc6ccccc6c5cc34)n2)cc1. The standard InChI is InChI=1S/C37H23N3O.3C31H19N3O/c1-3-11-24(12-4-1)26-17-9-18-29(21-26)36-38-35(25-13-5-2-6-14-25)39-37(40-36)30-19-10-20-32-34(30)31-22-27-15-7-8-16-28(27)23-33(31)41-32;1-3-10-20(11-4-1)29-32-30(21-12-5-2-6-13-21)34-31(33-29)24-16-9-14-22-18-28-26(19-25(22)24)23-15-7-8-17-27(23)35-28;1-3-10-20(11-4-1)29-32-30(21-12-5-2-6-13-21)34-31(33-29)25-17-9-16-24-26-18-22-14-7-8-15-23(22)19-27(26)35-28(24)25;1-3-9-20(10-4-1)29-32-30(21-11-5-2-6-12-21)34-31(33-29)24-15-16-27-25(18-24)26-17-22-13-7-8-14-23(22)19-28(26)35-27/h1-23H;3*1-19H. The van der Waals surface area contributed by atoms with Gasteiger partial charge in [0.1, 0.15) is 44.7 Å². The van der Waals surface area contributed by atoms with Gasteiger partial charge in [0.15, 0.2) is 69.9 Å². The van der Waals surface area contributed by atoms with Crippen LogP contribution in [0.4, 0.5) is 0 Å². The Hall–Kier alpha value is -20.1. The summed E-state index contributed by atoms with van der Waals surface area (Å²) >= 11 is 0.